The second-order valence-electron chi connectivity index (χ2n) is 6.18. The maximum absolute atomic E-state index is 13.6. The highest BCUT2D eigenvalue weighted by Gasteiger charge is 2.28. The van der Waals surface area contributed by atoms with E-state index in [1.165, 1.54) is 18.2 Å². The fourth-order valence-corrected chi connectivity index (χ4v) is 2.49. The molecule has 0 bridgehead atoms. The molecule has 3 rings (SSSR count). The van der Waals surface area contributed by atoms with Crippen LogP contribution in [0.1, 0.15) is 12.0 Å². The maximum Gasteiger partial charge on any atom is 0.252 e. The molecule has 1 aliphatic heterocycles. The second-order valence-corrected chi connectivity index (χ2v) is 6.18. The quantitative estimate of drug-likeness (QED) is 0.475. The smallest absolute Gasteiger partial charge is 0.252 e. The minimum absolute atomic E-state index is 0.00537. The third kappa shape index (κ3) is 4.91. The van der Waals surface area contributed by atoms with Crippen LogP contribution in [0.2, 0.25) is 0 Å². The first-order valence-corrected chi connectivity index (χ1v) is 8.51. The molecule has 2 aromatic carbocycles. The molecule has 0 spiro atoms. The van der Waals surface area contributed by atoms with Crippen molar-refractivity contribution in [2.45, 2.75) is 19.4 Å². The Kier molecular flexibility index (Phi) is 5.64. The zero-order valence-corrected chi connectivity index (χ0v) is 15.1. The van der Waals surface area contributed by atoms with Crippen molar-refractivity contribution in [2.75, 3.05) is 10.6 Å². The van der Waals surface area contributed by atoms with Crippen LogP contribution in [-0.2, 0) is 9.59 Å². The van der Waals surface area contributed by atoms with E-state index >= 15 is 0 Å². The fourth-order valence-electron chi connectivity index (χ4n) is 2.49. The number of anilines is 2. The summed E-state index contributed by atoms with van der Waals surface area (Å²) in [6.45, 7) is 1.96. The van der Waals surface area contributed by atoms with Crippen LogP contribution in [0, 0.1) is 12.7 Å². The maximum atomic E-state index is 13.6. The largest absolute Gasteiger partial charge is 0.369 e. The highest BCUT2D eigenvalue weighted by molar-refractivity contribution is 6.11. The van der Waals surface area contributed by atoms with Gasteiger partial charge >= 0.3 is 0 Å². The van der Waals surface area contributed by atoms with Crippen molar-refractivity contribution in [3.05, 3.63) is 59.9 Å². The first-order chi connectivity index (χ1) is 13.4. The number of para-hydroxylation sites is 1. The van der Waals surface area contributed by atoms with Gasteiger partial charge in [0.15, 0.2) is 0 Å². The number of benzene rings is 2. The molecule has 1 aliphatic rings. The second kappa shape index (κ2) is 8.30. The van der Waals surface area contributed by atoms with E-state index < -0.39 is 23.7 Å². The molecule has 0 radical (unpaired) electrons. The van der Waals surface area contributed by atoms with Gasteiger partial charge in [0, 0.05) is 5.69 Å². The van der Waals surface area contributed by atoms with Gasteiger partial charge in [0.05, 0.1) is 12.1 Å². The van der Waals surface area contributed by atoms with Crippen molar-refractivity contribution < 1.29 is 14.0 Å². The van der Waals surface area contributed by atoms with Crippen LogP contribution in [0.3, 0.4) is 0 Å². The van der Waals surface area contributed by atoms with E-state index in [0.29, 0.717) is 0 Å². The van der Waals surface area contributed by atoms with Crippen LogP contribution < -0.4 is 21.7 Å². The van der Waals surface area contributed by atoms with Crippen molar-refractivity contribution in [3.63, 3.8) is 0 Å². The summed E-state index contributed by atoms with van der Waals surface area (Å²) in [6.07, 6.45) is -0.246. The summed E-state index contributed by atoms with van der Waals surface area (Å²) in [6, 6.07) is 12.3. The number of carbonyl (C=O) groups excluding carboxylic acids is 2. The molecule has 28 heavy (non-hydrogen) atoms. The summed E-state index contributed by atoms with van der Waals surface area (Å²) in [5.41, 5.74) is 7.70. The minimum atomic E-state index is -0.960. The predicted molar refractivity (Wildman–Crippen MR) is 105 cm³/mol. The topological polar surface area (TPSA) is 121 Å². The summed E-state index contributed by atoms with van der Waals surface area (Å²) in [5.74, 6) is -1.53. The van der Waals surface area contributed by atoms with E-state index in [-0.39, 0.29) is 24.0 Å². The Bertz CT molecular complexity index is 955. The van der Waals surface area contributed by atoms with Gasteiger partial charge < -0.3 is 16.4 Å². The number of hydrogen-bond acceptors (Lipinski definition) is 4. The Morgan fingerprint density at radius 3 is 2.64 bits per heavy atom. The molecule has 9 heteroatoms. The van der Waals surface area contributed by atoms with Crippen LogP contribution in [0.5, 0.6) is 0 Å². The first kappa shape index (κ1) is 19.0. The number of amides is 2. The van der Waals surface area contributed by atoms with E-state index in [1.54, 1.807) is 6.07 Å². The van der Waals surface area contributed by atoms with Crippen molar-refractivity contribution in [1.82, 2.24) is 5.32 Å². The normalized spacial score (nSPS) is 16.4. The van der Waals surface area contributed by atoms with E-state index in [0.717, 1.165) is 11.3 Å². The molecule has 2 aromatic rings. The van der Waals surface area contributed by atoms with E-state index in [1.807, 2.05) is 31.2 Å². The van der Waals surface area contributed by atoms with Crippen molar-refractivity contribution >= 4 is 35.1 Å². The summed E-state index contributed by atoms with van der Waals surface area (Å²) in [5, 5.41) is 7.75. The van der Waals surface area contributed by atoms with Crippen molar-refractivity contribution in [2.24, 2.45) is 15.7 Å². The molecule has 2 amide bonds. The average molecular weight is 382 g/mol. The number of nitrogens with one attached hydrogen (secondary N) is 3. The van der Waals surface area contributed by atoms with Gasteiger partial charge in [0.25, 0.3) is 5.91 Å². The minimum Gasteiger partial charge on any atom is -0.369 e. The Labute approximate surface area is 160 Å². The Balaban J connectivity index is 1.61. The van der Waals surface area contributed by atoms with Crippen LogP contribution >= 0.6 is 0 Å². The zero-order valence-electron chi connectivity index (χ0n) is 15.1. The average Bonchev–Trinajstić information content (AvgIpc) is 2.97. The summed E-state index contributed by atoms with van der Waals surface area (Å²) < 4.78 is 13.6. The van der Waals surface area contributed by atoms with Crippen molar-refractivity contribution in [3.8, 4) is 0 Å². The van der Waals surface area contributed by atoms with Gasteiger partial charge in [0.2, 0.25) is 17.8 Å². The van der Waals surface area contributed by atoms with E-state index in [2.05, 4.69) is 25.9 Å². The lowest BCUT2D eigenvalue weighted by molar-refractivity contribution is -0.123. The number of rotatable bonds is 4. The standard InChI is InChI=1S/C19H19FN6O2/c1-11-6-8-12(9-7-11)22-18(21)26-19-24-15(17(28)25-19)10-16(27)23-14-5-3-2-4-13(14)20/h2-9,15H,10H2,1H3,(H,23,27)(H4,21,22,24,25,26,28). The lowest BCUT2D eigenvalue weighted by Crippen LogP contribution is -2.32. The van der Waals surface area contributed by atoms with Gasteiger partial charge in [0.1, 0.15) is 11.9 Å². The van der Waals surface area contributed by atoms with E-state index in [9.17, 15) is 14.0 Å². The van der Waals surface area contributed by atoms with Crippen LogP contribution in [-0.4, -0.2) is 29.8 Å². The highest BCUT2D eigenvalue weighted by atomic mass is 19.1. The van der Waals surface area contributed by atoms with Gasteiger partial charge in [-0.25, -0.2) is 9.38 Å². The third-order valence-electron chi connectivity index (χ3n) is 3.89. The zero-order chi connectivity index (χ0) is 20.1. The first-order valence-electron chi connectivity index (χ1n) is 8.51. The van der Waals surface area contributed by atoms with Gasteiger partial charge in [-0.2, -0.15) is 4.99 Å². The number of nitrogens with zero attached hydrogens (tertiary/aromatic N) is 2. The van der Waals surface area contributed by atoms with Gasteiger partial charge in [-0.1, -0.05) is 29.8 Å². The number of guanidine groups is 2. The lowest BCUT2D eigenvalue weighted by Gasteiger charge is -2.07. The Morgan fingerprint density at radius 2 is 1.93 bits per heavy atom. The Hall–Kier alpha value is -3.75. The fraction of sp³-hybridized carbons (Fsp3) is 0.158. The molecule has 1 unspecified atom stereocenters. The molecule has 0 fully saturated rings. The van der Waals surface area contributed by atoms with E-state index in [4.69, 9.17) is 5.73 Å². The molecule has 5 N–H and O–H groups in total. The monoisotopic (exact) mass is 382 g/mol. The summed E-state index contributed by atoms with van der Waals surface area (Å²) in [4.78, 5) is 32.1. The SMILES string of the molecule is Cc1ccc(N/C(N)=N/C2=NC(CC(=O)Nc3ccccc3F)C(=O)N2)cc1. The summed E-state index contributed by atoms with van der Waals surface area (Å²) in [7, 11) is 0. The molecule has 0 saturated carbocycles. The van der Waals surface area contributed by atoms with Crippen molar-refractivity contribution in [1.29, 1.82) is 0 Å². The third-order valence-corrected chi connectivity index (χ3v) is 3.89. The number of hydrogen-bond donors (Lipinski definition) is 4. The van der Waals surface area contributed by atoms with Crippen LogP contribution in [0.4, 0.5) is 15.8 Å². The predicted octanol–water partition coefficient (Wildman–Crippen LogP) is 1.74. The molecule has 1 heterocycles. The molecule has 8 nitrogen and oxygen atoms in total. The number of aryl methyl sites for hydroxylation is 1. The molecule has 0 saturated heterocycles. The molecular weight excluding hydrogens is 363 g/mol. The molecular formula is C19H19FN6O2. The van der Waals surface area contributed by atoms with Gasteiger partial charge in [-0.05, 0) is 31.2 Å². The summed E-state index contributed by atoms with van der Waals surface area (Å²) >= 11 is 0. The van der Waals surface area contributed by atoms with Gasteiger partial charge in [-0.15, -0.1) is 0 Å². The van der Waals surface area contributed by atoms with Crippen LogP contribution in [0.15, 0.2) is 58.5 Å². The van der Waals surface area contributed by atoms with Crippen LogP contribution in [0.25, 0.3) is 0 Å². The lowest BCUT2D eigenvalue weighted by atomic mass is 10.2. The molecule has 144 valence electrons. The number of nitrogens with two attached hydrogens (primary N) is 1. The number of carbonyl (C=O) groups is 2. The molecule has 0 aromatic heterocycles. The highest BCUT2D eigenvalue weighted by Crippen LogP contribution is 2.14. The number of halogens is 1. The molecule has 0 aliphatic carbocycles. The molecule has 1 atom stereocenters. The van der Waals surface area contributed by atoms with Gasteiger partial charge in [-0.3, -0.25) is 14.9 Å². The Morgan fingerprint density at radius 1 is 1.21 bits per heavy atom. The number of aliphatic imine (C=N–C) groups is 2.